The highest BCUT2D eigenvalue weighted by Gasteiger charge is 2.02. The lowest BCUT2D eigenvalue weighted by molar-refractivity contribution is 0.0641. The molecule has 74 valence electrons. The van der Waals surface area contributed by atoms with Crippen LogP contribution in [0.4, 0.5) is 0 Å². The van der Waals surface area contributed by atoms with Crippen LogP contribution in [0.15, 0.2) is 0 Å². The maximum atomic E-state index is 5.83. The number of nitrogens with zero attached hydrogens (tertiary/aromatic N) is 1. The first-order valence-corrected chi connectivity index (χ1v) is 4.90. The summed E-state index contributed by atoms with van der Waals surface area (Å²) in [5.74, 6) is 0. The highest BCUT2D eigenvalue weighted by molar-refractivity contribution is 6.20. The molecule has 0 saturated heterocycles. The van der Waals surface area contributed by atoms with Gasteiger partial charge in [0.05, 0.1) is 12.7 Å². The molecule has 0 bridgehead atoms. The summed E-state index contributed by atoms with van der Waals surface area (Å²) >= 11 is 5.83. The second-order valence-electron chi connectivity index (χ2n) is 3.46. The topological polar surface area (TPSA) is 12.5 Å². The molecule has 1 atom stereocenters. The summed E-state index contributed by atoms with van der Waals surface area (Å²) in [6.45, 7) is 8.76. The molecule has 0 spiro atoms. The van der Waals surface area contributed by atoms with E-state index in [1.807, 2.05) is 20.8 Å². The highest BCUT2D eigenvalue weighted by atomic mass is 35.5. The Morgan fingerprint density at radius 3 is 2.33 bits per heavy atom. The molecule has 0 aromatic rings. The maximum absolute atomic E-state index is 5.83. The van der Waals surface area contributed by atoms with E-state index in [4.69, 9.17) is 16.3 Å². The van der Waals surface area contributed by atoms with E-state index in [-0.39, 0.29) is 5.38 Å². The van der Waals surface area contributed by atoms with Crippen molar-refractivity contribution in [3.8, 4) is 0 Å². The summed E-state index contributed by atoms with van der Waals surface area (Å²) in [5, 5.41) is 0.217. The van der Waals surface area contributed by atoms with Gasteiger partial charge in [-0.25, -0.2) is 0 Å². The number of alkyl halides is 1. The third kappa shape index (κ3) is 8.31. The first-order valence-electron chi connectivity index (χ1n) is 4.46. The minimum absolute atomic E-state index is 0.217. The molecule has 0 saturated carbocycles. The summed E-state index contributed by atoms with van der Waals surface area (Å²) < 4.78 is 5.41. The van der Waals surface area contributed by atoms with Gasteiger partial charge in [-0.3, -0.25) is 0 Å². The van der Waals surface area contributed by atoms with E-state index in [0.29, 0.717) is 6.10 Å². The predicted molar refractivity (Wildman–Crippen MR) is 53.9 cm³/mol. The van der Waals surface area contributed by atoms with Crippen LogP contribution in [0.25, 0.3) is 0 Å². The Morgan fingerprint density at radius 2 is 1.92 bits per heavy atom. The van der Waals surface area contributed by atoms with Gasteiger partial charge in [0.15, 0.2) is 0 Å². The monoisotopic (exact) mass is 193 g/mol. The molecule has 0 radical (unpaired) electrons. The first kappa shape index (κ1) is 12.2. The van der Waals surface area contributed by atoms with Gasteiger partial charge < -0.3 is 9.64 Å². The van der Waals surface area contributed by atoms with Crippen molar-refractivity contribution in [2.24, 2.45) is 0 Å². The molecule has 0 amide bonds. The number of likely N-dealkylation sites (N-methyl/N-ethyl adjacent to an activating group) is 1. The van der Waals surface area contributed by atoms with Crippen LogP contribution in [-0.2, 0) is 4.74 Å². The molecular weight excluding hydrogens is 174 g/mol. The highest BCUT2D eigenvalue weighted by Crippen LogP contribution is 1.96. The van der Waals surface area contributed by atoms with Gasteiger partial charge in [-0.15, -0.1) is 11.6 Å². The molecule has 3 heteroatoms. The SMILES string of the molecule is CC(Cl)CN(C)CCOC(C)C. The van der Waals surface area contributed by atoms with Crippen LogP contribution in [0, 0.1) is 0 Å². The minimum atomic E-state index is 0.217. The number of ether oxygens (including phenoxy) is 1. The van der Waals surface area contributed by atoms with Gasteiger partial charge in [-0.2, -0.15) is 0 Å². The van der Waals surface area contributed by atoms with E-state index >= 15 is 0 Å². The molecule has 1 unspecified atom stereocenters. The van der Waals surface area contributed by atoms with E-state index in [1.54, 1.807) is 0 Å². The lowest BCUT2D eigenvalue weighted by Gasteiger charge is -2.18. The van der Waals surface area contributed by atoms with Crippen LogP contribution in [0.2, 0.25) is 0 Å². The average Bonchev–Trinajstić information content (AvgIpc) is 1.84. The van der Waals surface area contributed by atoms with E-state index in [0.717, 1.165) is 19.7 Å². The summed E-state index contributed by atoms with van der Waals surface area (Å²) in [7, 11) is 2.06. The molecule has 0 aliphatic rings. The molecule has 0 aromatic carbocycles. The van der Waals surface area contributed by atoms with Crippen LogP contribution >= 0.6 is 11.6 Å². The lowest BCUT2D eigenvalue weighted by Crippen LogP contribution is -2.28. The van der Waals surface area contributed by atoms with E-state index < -0.39 is 0 Å². The Morgan fingerprint density at radius 1 is 1.33 bits per heavy atom. The van der Waals surface area contributed by atoms with Crippen molar-refractivity contribution >= 4 is 11.6 Å². The van der Waals surface area contributed by atoms with Crippen molar-refractivity contribution < 1.29 is 4.74 Å². The largest absolute Gasteiger partial charge is 0.377 e. The van der Waals surface area contributed by atoms with Crippen LogP contribution in [0.3, 0.4) is 0 Å². The van der Waals surface area contributed by atoms with Crippen molar-refractivity contribution in [1.82, 2.24) is 4.90 Å². The Balaban J connectivity index is 3.25. The van der Waals surface area contributed by atoms with Crippen molar-refractivity contribution in [3.05, 3.63) is 0 Å². The van der Waals surface area contributed by atoms with Gasteiger partial charge in [-0.1, -0.05) is 0 Å². The molecule has 0 aliphatic carbocycles. The van der Waals surface area contributed by atoms with Crippen molar-refractivity contribution in [2.75, 3.05) is 26.7 Å². The van der Waals surface area contributed by atoms with E-state index in [1.165, 1.54) is 0 Å². The van der Waals surface area contributed by atoms with Crippen LogP contribution in [0.1, 0.15) is 20.8 Å². The standard InChI is InChI=1S/C9H20ClNO/c1-8(2)12-6-5-11(4)7-9(3)10/h8-9H,5-7H2,1-4H3. The molecule has 0 heterocycles. The summed E-state index contributed by atoms with van der Waals surface area (Å²) in [6, 6.07) is 0. The van der Waals surface area contributed by atoms with Crippen LogP contribution in [0.5, 0.6) is 0 Å². The summed E-state index contributed by atoms with van der Waals surface area (Å²) in [6.07, 6.45) is 0.326. The zero-order valence-electron chi connectivity index (χ0n) is 8.51. The van der Waals surface area contributed by atoms with Gasteiger partial charge in [0, 0.05) is 18.5 Å². The van der Waals surface area contributed by atoms with Crippen LogP contribution in [-0.4, -0.2) is 43.1 Å². The summed E-state index contributed by atoms with van der Waals surface area (Å²) in [5.41, 5.74) is 0. The normalized spacial score (nSPS) is 14.2. The average molecular weight is 194 g/mol. The smallest absolute Gasteiger partial charge is 0.0596 e. The van der Waals surface area contributed by atoms with Crippen molar-refractivity contribution in [2.45, 2.75) is 32.3 Å². The number of hydrogen-bond donors (Lipinski definition) is 0. The van der Waals surface area contributed by atoms with Gasteiger partial charge in [0.25, 0.3) is 0 Å². The molecule has 12 heavy (non-hydrogen) atoms. The Labute approximate surface area is 80.8 Å². The molecule has 2 nitrogen and oxygen atoms in total. The molecule has 0 fully saturated rings. The zero-order chi connectivity index (χ0) is 9.56. The third-order valence-corrected chi connectivity index (χ3v) is 1.63. The maximum Gasteiger partial charge on any atom is 0.0596 e. The fourth-order valence-electron chi connectivity index (χ4n) is 0.965. The molecule has 0 aliphatic heterocycles. The Hall–Kier alpha value is 0.210. The van der Waals surface area contributed by atoms with Gasteiger partial charge >= 0.3 is 0 Å². The third-order valence-electron chi connectivity index (χ3n) is 1.49. The second kappa shape index (κ2) is 6.70. The zero-order valence-corrected chi connectivity index (χ0v) is 9.27. The van der Waals surface area contributed by atoms with Gasteiger partial charge in [-0.05, 0) is 27.8 Å². The molecular formula is C9H20ClNO. The first-order chi connectivity index (χ1) is 5.52. The molecule has 0 N–H and O–H groups in total. The number of rotatable bonds is 6. The Bertz CT molecular complexity index is 107. The number of halogens is 1. The minimum Gasteiger partial charge on any atom is -0.377 e. The predicted octanol–water partition coefficient (Wildman–Crippen LogP) is 1.97. The van der Waals surface area contributed by atoms with Gasteiger partial charge in [0.2, 0.25) is 0 Å². The quantitative estimate of drug-likeness (QED) is 0.599. The molecule has 0 rings (SSSR count). The lowest BCUT2D eigenvalue weighted by atomic mass is 10.4. The van der Waals surface area contributed by atoms with Crippen molar-refractivity contribution in [3.63, 3.8) is 0 Å². The van der Waals surface area contributed by atoms with E-state index in [9.17, 15) is 0 Å². The second-order valence-corrected chi connectivity index (χ2v) is 4.21. The molecule has 0 aromatic heterocycles. The Kier molecular flexibility index (Phi) is 6.81. The number of hydrogen-bond acceptors (Lipinski definition) is 2. The fourth-order valence-corrected chi connectivity index (χ4v) is 1.20. The van der Waals surface area contributed by atoms with Gasteiger partial charge in [0.1, 0.15) is 0 Å². The fraction of sp³-hybridized carbons (Fsp3) is 1.00. The summed E-state index contributed by atoms with van der Waals surface area (Å²) in [4.78, 5) is 2.18. The van der Waals surface area contributed by atoms with Crippen molar-refractivity contribution in [1.29, 1.82) is 0 Å². The van der Waals surface area contributed by atoms with Crippen LogP contribution < -0.4 is 0 Å². The van der Waals surface area contributed by atoms with E-state index in [2.05, 4.69) is 11.9 Å².